The first-order valence-electron chi connectivity index (χ1n) is 9.92. The number of hydrogen-bond donors (Lipinski definition) is 0. The number of ether oxygens (including phenoxy) is 1. The Morgan fingerprint density at radius 1 is 1.13 bits per heavy atom. The topological polar surface area (TPSA) is 82.4 Å². The first-order chi connectivity index (χ1) is 14.3. The van der Waals surface area contributed by atoms with Crippen molar-refractivity contribution in [3.8, 4) is 0 Å². The number of aromatic nitrogens is 1. The molecule has 30 heavy (non-hydrogen) atoms. The van der Waals surface area contributed by atoms with Gasteiger partial charge in [-0.2, -0.15) is 0 Å². The fourth-order valence-electron chi connectivity index (χ4n) is 4.16. The van der Waals surface area contributed by atoms with Crippen LogP contribution in [0.5, 0.6) is 0 Å². The molecule has 3 rings (SSSR count). The number of nitrogens with zero attached hydrogens (tertiary/aromatic N) is 1. The summed E-state index contributed by atoms with van der Waals surface area (Å²) in [6.45, 7) is 5.54. The second-order valence-electron chi connectivity index (χ2n) is 7.62. The Bertz CT molecular complexity index is 1020. The quantitative estimate of drug-likeness (QED) is 0.302. The van der Waals surface area contributed by atoms with E-state index in [4.69, 9.17) is 4.74 Å². The van der Waals surface area contributed by atoms with Gasteiger partial charge in [0, 0.05) is 30.3 Å². The summed E-state index contributed by atoms with van der Waals surface area (Å²) in [5.41, 5.74) is 0.173. The van der Waals surface area contributed by atoms with Crippen molar-refractivity contribution in [3.05, 3.63) is 71.6 Å². The van der Waals surface area contributed by atoms with Crippen LogP contribution in [0.3, 0.4) is 0 Å². The van der Waals surface area contributed by atoms with Crippen LogP contribution >= 0.6 is 0 Å². The van der Waals surface area contributed by atoms with Crippen molar-refractivity contribution in [1.29, 1.82) is 0 Å². The largest absolute Gasteiger partial charge is 0.464 e. The van der Waals surface area contributed by atoms with Crippen LogP contribution in [0.4, 0.5) is 0 Å². The number of hydrogen-bond acceptors (Lipinski definition) is 5. The molecule has 0 radical (unpaired) electrons. The van der Waals surface area contributed by atoms with Gasteiger partial charge in [-0.1, -0.05) is 43.3 Å². The maximum absolute atomic E-state index is 12.8. The molecule has 2 aromatic rings. The van der Waals surface area contributed by atoms with Crippen LogP contribution in [0.2, 0.25) is 0 Å². The molecule has 0 amide bonds. The Morgan fingerprint density at radius 3 is 2.43 bits per heavy atom. The Hall–Kier alpha value is -3.28. The molecule has 1 aliphatic rings. The lowest BCUT2D eigenvalue weighted by atomic mass is 9.66. The van der Waals surface area contributed by atoms with Gasteiger partial charge in [-0.15, -0.1) is 0 Å². The number of Topliss-reactive ketones (excluding diaryl/α,β-unsaturated/α-hetero) is 2. The number of carbonyl (C=O) groups excluding carboxylic acids is 4. The first-order valence-corrected chi connectivity index (χ1v) is 9.92. The smallest absolute Gasteiger partial charge is 0.354 e. The lowest BCUT2D eigenvalue weighted by molar-refractivity contribution is -0.139. The molecule has 1 heterocycles. The average Bonchev–Trinajstić information content (AvgIpc) is 3.17. The van der Waals surface area contributed by atoms with Gasteiger partial charge in [0.25, 0.3) is 0 Å². The number of esters is 1. The van der Waals surface area contributed by atoms with E-state index in [9.17, 15) is 19.2 Å². The number of rotatable bonds is 7. The highest BCUT2D eigenvalue weighted by atomic mass is 16.5. The SMILES string of the molecule is C=C(Cn1cc(C(=O)c2ccccc2)cc1C(=O)OC)C1(C(C)=O)CCCCC1=O. The molecule has 6 nitrogen and oxygen atoms in total. The second kappa shape index (κ2) is 8.61. The van der Waals surface area contributed by atoms with Crippen molar-refractivity contribution in [2.45, 2.75) is 39.2 Å². The standard InChI is InChI=1S/C24H25NO5/c1-16(24(17(2)26)12-8-7-11-21(24)27)14-25-15-19(13-20(25)23(29)30-3)22(28)18-9-5-4-6-10-18/h4-6,9-10,13,15H,1,7-8,11-12,14H2,2-3H3. The van der Waals surface area contributed by atoms with E-state index in [0.29, 0.717) is 29.5 Å². The van der Waals surface area contributed by atoms with Gasteiger partial charge >= 0.3 is 5.97 Å². The molecule has 0 bridgehead atoms. The molecule has 1 aromatic heterocycles. The van der Waals surface area contributed by atoms with Crippen molar-refractivity contribution in [2.24, 2.45) is 5.41 Å². The Labute approximate surface area is 175 Å². The zero-order valence-electron chi connectivity index (χ0n) is 17.3. The normalized spacial score (nSPS) is 18.7. The van der Waals surface area contributed by atoms with E-state index < -0.39 is 11.4 Å². The highest BCUT2D eigenvalue weighted by Gasteiger charge is 2.46. The zero-order valence-corrected chi connectivity index (χ0v) is 17.3. The van der Waals surface area contributed by atoms with Gasteiger partial charge in [0.2, 0.25) is 0 Å². The van der Waals surface area contributed by atoms with Crippen molar-refractivity contribution in [3.63, 3.8) is 0 Å². The van der Waals surface area contributed by atoms with Gasteiger partial charge in [-0.3, -0.25) is 14.4 Å². The third-order valence-corrected chi connectivity index (χ3v) is 5.84. The third kappa shape index (κ3) is 3.77. The van der Waals surface area contributed by atoms with Crippen molar-refractivity contribution in [1.82, 2.24) is 4.57 Å². The van der Waals surface area contributed by atoms with Crippen LogP contribution in [0.15, 0.2) is 54.7 Å². The number of carbonyl (C=O) groups is 4. The fourth-order valence-corrected chi connectivity index (χ4v) is 4.16. The lowest BCUT2D eigenvalue weighted by Crippen LogP contribution is -2.43. The van der Waals surface area contributed by atoms with Gasteiger partial charge in [0.1, 0.15) is 16.9 Å². The van der Waals surface area contributed by atoms with Gasteiger partial charge in [0.15, 0.2) is 11.6 Å². The number of methoxy groups -OCH3 is 1. The van der Waals surface area contributed by atoms with Crippen LogP contribution in [0.1, 0.15) is 59.0 Å². The molecular weight excluding hydrogens is 382 g/mol. The molecule has 6 heteroatoms. The zero-order chi connectivity index (χ0) is 21.9. The third-order valence-electron chi connectivity index (χ3n) is 5.84. The minimum absolute atomic E-state index is 0.0673. The lowest BCUT2D eigenvalue weighted by Gasteiger charge is -2.35. The van der Waals surface area contributed by atoms with Crippen molar-refractivity contribution >= 4 is 23.3 Å². The van der Waals surface area contributed by atoms with E-state index >= 15 is 0 Å². The monoisotopic (exact) mass is 407 g/mol. The van der Waals surface area contributed by atoms with E-state index in [-0.39, 0.29) is 29.6 Å². The molecule has 1 saturated carbocycles. The predicted octanol–water partition coefficient (Wildman–Crippen LogP) is 3.78. The summed E-state index contributed by atoms with van der Waals surface area (Å²) in [5.74, 6) is -1.20. The molecule has 1 atom stereocenters. The van der Waals surface area contributed by atoms with Crippen LogP contribution in [0, 0.1) is 5.41 Å². The summed E-state index contributed by atoms with van der Waals surface area (Å²) in [5, 5.41) is 0. The Balaban J connectivity index is 1.98. The Kier molecular flexibility index (Phi) is 6.15. The summed E-state index contributed by atoms with van der Waals surface area (Å²) in [4.78, 5) is 50.4. The predicted molar refractivity (Wildman–Crippen MR) is 111 cm³/mol. The summed E-state index contributed by atoms with van der Waals surface area (Å²) < 4.78 is 6.40. The van der Waals surface area contributed by atoms with E-state index in [0.717, 1.165) is 12.8 Å². The van der Waals surface area contributed by atoms with Crippen LogP contribution in [-0.4, -0.2) is 35.0 Å². The van der Waals surface area contributed by atoms with Crippen LogP contribution in [-0.2, 0) is 20.9 Å². The summed E-state index contributed by atoms with van der Waals surface area (Å²) in [6.07, 6.45) is 3.83. The minimum atomic E-state index is -1.24. The van der Waals surface area contributed by atoms with Gasteiger partial charge in [-0.25, -0.2) is 4.79 Å². The van der Waals surface area contributed by atoms with Gasteiger partial charge in [0.05, 0.1) is 7.11 Å². The molecule has 1 unspecified atom stereocenters. The Morgan fingerprint density at radius 2 is 1.83 bits per heavy atom. The molecule has 1 fully saturated rings. The summed E-state index contributed by atoms with van der Waals surface area (Å²) in [6, 6.07) is 10.2. The maximum atomic E-state index is 12.8. The van der Waals surface area contributed by atoms with Crippen molar-refractivity contribution in [2.75, 3.05) is 7.11 Å². The summed E-state index contributed by atoms with van der Waals surface area (Å²) >= 11 is 0. The number of benzene rings is 1. The number of allylic oxidation sites excluding steroid dienone is 1. The highest BCUT2D eigenvalue weighted by Crippen LogP contribution is 2.41. The van der Waals surface area contributed by atoms with Gasteiger partial charge < -0.3 is 9.30 Å². The first kappa shape index (κ1) is 21.4. The fraction of sp³-hybridized carbons (Fsp3) is 0.333. The molecule has 156 valence electrons. The number of ketones is 3. The van der Waals surface area contributed by atoms with E-state index in [1.165, 1.54) is 24.7 Å². The van der Waals surface area contributed by atoms with E-state index in [1.807, 2.05) is 6.07 Å². The minimum Gasteiger partial charge on any atom is -0.464 e. The van der Waals surface area contributed by atoms with Crippen LogP contribution < -0.4 is 0 Å². The molecule has 1 aliphatic carbocycles. The highest BCUT2D eigenvalue weighted by molar-refractivity contribution is 6.10. The second-order valence-corrected chi connectivity index (χ2v) is 7.62. The van der Waals surface area contributed by atoms with Crippen molar-refractivity contribution < 1.29 is 23.9 Å². The molecule has 0 saturated heterocycles. The van der Waals surface area contributed by atoms with E-state index in [2.05, 4.69) is 6.58 Å². The van der Waals surface area contributed by atoms with Crippen LogP contribution in [0.25, 0.3) is 0 Å². The molecule has 0 aliphatic heterocycles. The molecule has 0 spiro atoms. The maximum Gasteiger partial charge on any atom is 0.354 e. The van der Waals surface area contributed by atoms with E-state index in [1.54, 1.807) is 30.5 Å². The summed E-state index contributed by atoms with van der Waals surface area (Å²) in [7, 11) is 1.26. The molecular formula is C24H25NO5. The molecule has 0 N–H and O–H groups in total. The average molecular weight is 407 g/mol. The molecule has 1 aromatic carbocycles. The van der Waals surface area contributed by atoms with Gasteiger partial charge in [-0.05, 0) is 31.4 Å².